The van der Waals surface area contributed by atoms with Crippen molar-refractivity contribution in [3.8, 4) is 0 Å². The first-order valence-electron chi connectivity index (χ1n) is 8.62. The lowest BCUT2D eigenvalue weighted by atomic mass is 9.83. The minimum atomic E-state index is -0.534. The molecule has 1 saturated heterocycles. The summed E-state index contributed by atoms with van der Waals surface area (Å²) in [5.74, 6) is 0.187. The fourth-order valence-corrected chi connectivity index (χ4v) is 3.54. The number of carbonyl (C=O) groups is 1. The number of carbonyl (C=O) groups excluding carboxylic acids is 1. The Morgan fingerprint density at radius 2 is 2.17 bits per heavy atom. The average molecular weight is 382 g/mol. The van der Waals surface area contributed by atoms with Crippen LogP contribution in [-0.4, -0.2) is 36.6 Å². The molecular weight excluding hydrogens is 354 g/mol. The van der Waals surface area contributed by atoms with Crippen LogP contribution in [0.25, 0.3) is 0 Å². The maximum Gasteiger partial charge on any atom is 0.232 e. The van der Waals surface area contributed by atoms with Crippen LogP contribution in [0.1, 0.15) is 52.0 Å². The van der Waals surface area contributed by atoms with Crippen molar-refractivity contribution < 1.29 is 9.53 Å². The number of rotatable bonds is 6. The summed E-state index contributed by atoms with van der Waals surface area (Å²) in [4.78, 5) is 15.2. The quantitative estimate of drug-likeness (QED) is 0.723. The molecule has 1 aromatic rings. The number of benzene rings is 1. The fraction of sp³-hybridized carbons (Fsp3) is 0.632. The van der Waals surface area contributed by atoms with Gasteiger partial charge in [0.15, 0.2) is 0 Å². The largest absolute Gasteiger partial charge is 0.376 e. The zero-order valence-corrected chi connectivity index (χ0v) is 16.1. The predicted octanol–water partition coefficient (Wildman–Crippen LogP) is 4.53. The van der Waals surface area contributed by atoms with Crippen LogP contribution in [0.4, 0.5) is 0 Å². The van der Waals surface area contributed by atoms with E-state index in [0.29, 0.717) is 6.54 Å². The lowest BCUT2D eigenvalue weighted by Gasteiger charge is -2.35. The Bertz CT molecular complexity index is 524. The fourth-order valence-electron chi connectivity index (χ4n) is 3.14. The second-order valence-corrected chi connectivity index (χ2v) is 7.79. The van der Waals surface area contributed by atoms with Gasteiger partial charge in [-0.1, -0.05) is 35.0 Å². The van der Waals surface area contributed by atoms with E-state index in [-0.39, 0.29) is 12.0 Å². The maximum absolute atomic E-state index is 13.2. The van der Waals surface area contributed by atoms with Crippen molar-refractivity contribution in [2.45, 2.75) is 58.0 Å². The Labute approximate surface area is 148 Å². The first kappa shape index (κ1) is 18.5. The van der Waals surface area contributed by atoms with E-state index in [1.807, 2.05) is 43.0 Å². The zero-order valence-electron chi connectivity index (χ0n) is 14.5. The van der Waals surface area contributed by atoms with Crippen LogP contribution in [0.3, 0.4) is 0 Å². The van der Waals surface area contributed by atoms with E-state index in [2.05, 4.69) is 22.9 Å². The summed E-state index contributed by atoms with van der Waals surface area (Å²) in [5, 5.41) is 0. The molecule has 1 atom stereocenters. The molecule has 128 valence electrons. The molecule has 0 aromatic heterocycles. The molecule has 1 fully saturated rings. The van der Waals surface area contributed by atoms with Crippen LogP contribution < -0.4 is 0 Å². The van der Waals surface area contributed by atoms with Crippen molar-refractivity contribution in [1.29, 1.82) is 0 Å². The lowest BCUT2D eigenvalue weighted by molar-refractivity contribution is -0.139. The SMILES string of the molecule is CCCN(CC1CCCCO1)C(=O)C(C)(C)c1cccc(Br)c1. The molecule has 0 radical (unpaired) electrons. The van der Waals surface area contributed by atoms with Crippen molar-refractivity contribution in [3.63, 3.8) is 0 Å². The molecule has 1 amide bonds. The summed E-state index contributed by atoms with van der Waals surface area (Å²) in [6.07, 6.45) is 4.56. The van der Waals surface area contributed by atoms with E-state index in [0.717, 1.165) is 42.5 Å². The highest BCUT2D eigenvalue weighted by Crippen LogP contribution is 2.28. The summed E-state index contributed by atoms with van der Waals surface area (Å²) in [6.45, 7) is 8.48. The molecule has 0 N–H and O–H groups in total. The second kappa shape index (κ2) is 8.29. The molecule has 2 rings (SSSR count). The van der Waals surface area contributed by atoms with Crippen molar-refractivity contribution in [2.24, 2.45) is 0 Å². The smallest absolute Gasteiger partial charge is 0.232 e. The number of amides is 1. The van der Waals surface area contributed by atoms with Crippen LogP contribution in [0.2, 0.25) is 0 Å². The van der Waals surface area contributed by atoms with Crippen LogP contribution in [0.5, 0.6) is 0 Å². The predicted molar refractivity (Wildman–Crippen MR) is 97.6 cm³/mol. The number of hydrogen-bond acceptors (Lipinski definition) is 2. The van der Waals surface area contributed by atoms with E-state index in [1.165, 1.54) is 6.42 Å². The van der Waals surface area contributed by atoms with Crippen LogP contribution in [0.15, 0.2) is 28.7 Å². The number of hydrogen-bond donors (Lipinski definition) is 0. The number of nitrogens with zero attached hydrogens (tertiary/aromatic N) is 1. The van der Waals surface area contributed by atoms with E-state index >= 15 is 0 Å². The summed E-state index contributed by atoms with van der Waals surface area (Å²) >= 11 is 3.51. The molecule has 0 saturated carbocycles. The highest BCUT2D eigenvalue weighted by molar-refractivity contribution is 9.10. The van der Waals surface area contributed by atoms with Gasteiger partial charge in [-0.05, 0) is 57.2 Å². The molecule has 0 bridgehead atoms. The monoisotopic (exact) mass is 381 g/mol. The van der Waals surface area contributed by atoms with Crippen molar-refractivity contribution >= 4 is 21.8 Å². The summed E-state index contributed by atoms with van der Waals surface area (Å²) in [5.41, 5.74) is 0.510. The van der Waals surface area contributed by atoms with Gasteiger partial charge in [0.2, 0.25) is 5.91 Å². The van der Waals surface area contributed by atoms with E-state index in [1.54, 1.807) is 0 Å². The zero-order chi connectivity index (χ0) is 16.9. The van der Waals surface area contributed by atoms with Crippen molar-refractivity contribution in [3.05, 3.63) is 34.3 Å². The molecule has 1 aromatic carbocycles. The Hall–Kier alpha value is -0.870. The third-order valence-corrected chi connectivity index (χ3v) is 5.05. The van der Waals surface area contributed by atoms with Gasteiger partial charge in [-0.25, -0.2) is 0 Å². The first-order valence-corrected chi connectivity index (χ1v) is 9.41. The van der Waals surface area contributed by atoms with Gasteiger partial charge in [0, 0.05) is 24.2 Å². The lowest BCUT2D eigenvalue weighted by Crippen LogP contribution is -2.47. The molecule has 1 aliphatic heterocycles. The summed E-state index contributed by atoms with van der Waals surface area (Å²) in [7, 11) is 0. The normalized spacial score (nSPS) is 18.7. The molecule has 1 aliphatic rings. The van der Waals surface area contributed by atoms with Gasteiger partial charge in [0.25, 0.3) is 0 Å². The highest BCUT2D eigenvalue weighted by Gasteiger charge is 2.34. The van der Waals surface area contributed by atoms with Gasteiger partial charge in [-0.15, -0.1) is 0 Å². The third-order valence-electron chi connectivity index (χ3n) is 4.56. The van der Waals surface area contributed by atoms with Crippen molar-refractivity contribution in [1.82, 2.24) is 4.90 Å². The topological polar surface area (TPSA) is 29.5 Å². The van der Waals surface area contributed by atoms with Gasteiger partial charge >= 0.3 is 0 Å². The van der Waals surface area contributed by atoms with Gasteiger partial charge in [0.1, 0.15) is 0 Å². The van der Waals surface area contributed by atoms with Gasteiger partial charge in [-0.3, -0.25) is 4.79 Å². The van der Waals surface area contributed by atoms with Gasteiger partial charge in [0.05, 0.1) is 11.5 Å². The first-order chi connectivity index (χ1) is 10.9. The minimum Gasteiger partial charge on any atom is -0.376 e. The van der Waals surface area contributed by atoms with Gasteiger partial charge in [-0.2, -0.15) is 0 Å². The maximum atomic E-state index is 13.2. The van der Waals surface area contributed by atoms with Crippen LogP contribution >= 0.6 is 15.9 Å². The third kappa shape index (κ3) is 4.80. The number of ether oxygens (including phenoxy) is 1. The molecule has 23 heavy (non-hydrogen) atoms. The van der Waals surface area contributed by atoms with E-state index in [4.69, 9.17) is 4.74 Å². The van der Waals surface area contributed by atoms with E-state index < -0.39 is 5.41 Å². The summed E-state index contributed by atoms with van der Waals surface area (Å²) in [6, 6.07) is 8.05. The Balaban J connectivity index is 2.14. The molecule has 1 unspecified atom stereocenters. The molecule has 1 heterocycles. The Morgan fingerprint density at radius 3 is 2.78 bits per heavy atom. The summed E-state index contributed by atoms with van der Waals surface area (Å²) < 4.78 is 6.85. The van der Waals surface area contributed by atoms with E-state index in [9.17, 15) is 4.79 Å². The standard InChI is InChI=1S/C19H28BrNO2/c1-4-11-21(14-17-10-5-6-12-23-17)18(22)19(2,3)15-8-7-9-16(20)13-15/h7-9,13,17H,4-6,10-12,14H2,1-3H3. The van der Waals surface area contributed by atoms with Crippen LogP contribution in [-0.2, 0) is 14.9 Å². The Morgan fingerprint density at radius 1 is 1.39 bits per heavy atom. The number of halogens is 1. The van der Waals surface area contributed by atoms with Crippen molar-refractivity contribution in [2.75, 3.05) is 19.7 Å². The molecule has 4 heteroatoms. The highest BCUT2D eigenvalue weighted by atomic mass is 79.9. The molecule has 3 nitrogen and oxygen atoms in total. The van der Waals surface area contributed by atoms with Crippen LogP contribution in [0, 0.1) is 0 Å². The molecule has 0 aliphatic carbocycles. The second-order valence-electron chi connectivity index (χ2n) is 6.88. The Kier molecular flexibility index (Phi) is 6.66. The minimum absolute atomic E-state index is 0.187. The van der Waals surface area contributed by atoms with Gasteiger partial charge < -0.3 is 9.64 Å². The molecule has 0 spiro atoms. The average Bonchev–Trinajstić information content (AvgIpc) is 2.54. The molecular formula is C19H28BrNO2.